The second-order valence-corrected chi connectivity index (χ2v) is 10.5. The molecule has 10 nitrogen and oxygen atoms in total. The molecule has 0 fully saturated rings. The topological polar surface area (TPSA) is 134 Å². The van der Waals surface area contributed by atoms with Gasteiger partial charge >= 0.3 is 0 Å². The van der Waals surface area contributed by atoms with Crippen LogP contribution in [0, 0.1) is 3.57 Å². The first-order chi connectivity index (χ1) is 14.9. The van der Waals surface area contributed by atoms with Crippen LogP contribution in [0.25, 0.3) is 11.2 Å². The van der Waals surface area contributed by atoms with Gasteiger partial charge in [-0.15, -0.1) is 0 Å². The van der Waals surface area contributed by atoms with Gasteiger partial charge in [-0.1, -0.05) is 25.1 Å². The lowest BCUT2D eigenvalue weighted by atomic mass is 10.2. The highest BCUT2D eigenvalue weighted by molar-refractivity contribution is 14.1. The predicted molar refractivity (Wildman–Crippen MR) is 125 cm³/mol. The Hall–Kier alpha value is -2.10. The van der Waals surface area contributed by atoms with Gasteiger partial charge in [0.05, 0.1) is 5.75 Å². The second kappa shape index (κ2) is 9.18. The Kier molecular flexibility index (Phi) is 6.55. The van der Waals surface area contributed by atoms with Crippen molar-refractivity contribution >= 4 is 61.4 Å². The van der Waals surface area contributed by atoms with Crippen LogP contribution in [0.5, 0.6) is 0 Å². The molecule has 4 rings (SSSR count). The van der Waals surface area contributed by atoms with Gasteiger partial charge < -0.3 is 19.8 Å². The number of thioether (sulfide) groups is 1. The molecular weight excluding hydrogens is 555 g/mol. The first-order valence-electron chi connectivity index (χ1n) is 9.26. The zero-order valence-corrected chi connectivity index (χ0v) is 20.1. The number of ether oxygens (including phenoxy) is 2. The second-order valence-electron chi connectivity index (χ2n) is 6.44. The monoisotopic (exact) mass is 574 g/mol. The molecule has 31 heavy (non-hydrogen) atoms. The van der Waals surface area contributed by atoms with Crippen molar-refractivity contribution in [3.05, 3.63) is 51.1 Å². The highest BCUT2D eigenvalue weighted by Crippen LogP contribution is 2.39. The lowest BCUT2D eigenvalue weighted by Gasteiger charge is -2.13. The number of fused-ring (bicyclic) bond motifs is 1. The Morgan fingerprint density at radius 2 is 2.13 bits per heavy atom. The number of rotatable bonds is 8. The summed E-state index contributed by atoms with van der Waals surface area (Å²) in [5.41, 5.74) is 7.72. The fourth-order valence-corrected chi connectivity index (χ4v) is 5.43. The number of sulfonamides is 1. The minimum absolute atomic E-state index is 0.134. The number of hydrogen-bond acceptors (Lipinski definition) is 9. The zero-order chi connectivity index (χ0) is 22.0. The molecule has 1 atom stereocenters. The lowest BCUT2D eigenvalue weighted by molar-refractivity contribution is -0.0279. The van der Waals surface area contributed by atoms with Crippen LogP contribution in [0.4, 0.5) is 5.82 Å². The van der Waals surface area contributed by atoms with Crippen LogP contribution in [-0.4, -0.2) is 40.2 Å². The highest BCUT2D eigenvalue weighted by atomic mass is 127. The van der Waals surface area contributed by atoms with Crippen LogP contribution in [0.3, 0.4) is 0 Å². The van der Waals surface area contributed by atoms with Crippen molar-refractivity contribution in [1.29, 1.82) is 0 Å². The summed E-state index contributed by atoms with van der Waals surface area (Å²) in [6, 6.07) is 7.77. The number of aryl methyl sites for hydroxylation is 1. The molecule has 0 amide bonds. The molecule has 2 aromatic heterocycles. The number of nitrogens with one attached hydrogen (secondary N) is 1. The van der Waals surface area contributed by atoms with E-state index in [1.54, 1.807) is 11.5 Å². The van der Waals surface area contributed by atoms with E-state index in [4.69, 9.17) is 15.2 Å². The van der Waals surface area contributed by atoms with E-state index in [1.807, 2.05) is 24.3 Å². The Bertz CT molecular complexity index is 1250. The Morgan fingerprint density at radius 1 is 1.32 bits per heavy atom. The van der Waals surface area contributed by atoms with Crippen molar-refractivity contribution < 1.29 is 17.9 Å². The molecule has 13 heteroatoms. The number of nitrogen functional groups attached to an aromatic ring is 1. The van der Waals surface area contributed by atoms with Crippen molar-refractivity contribution in [3.8, 4) is 0 Å². The van der Waals surface area contributed by atoms with Crippen LogP contribution in [0.2, 0.25) is 0 Å². The molecule has 1 aromatic carbocycles. The van der Waals surface area contributed by atoms with Crippen LogP contribution in [-0.2, 0) is 26.0 Å². The molecule has 0 bridgehead atoms. The smallest absolute Gasteiger partial charge is 0.268 e. The molecule has 1 aliphatic heterocycles. The minimum Gasteiger partial charge on any atom is -0.454 e. The number of halogens is 1. The summed E-state index contributed by atoms with van der Waals surface area (Å²) in [6.07, 6.45) is 2.28. The first kappa shape index (κ1) is 22.1. The molecule has 0 aliphatic carbocycles. The van der Waals surface area contributed by atoms with E-state index < -0.39 is 16.3 Å². The molecule has 0 radical (unpaired) electrons. The average molecular weight is 574 g/mol. The molecule has 1 aliphatic rings. The quantitative estimate of drug-likeness (QED) is 0.390. The van der Waals surface area contributed by atoms with Gasteiger partial charge in [-0.3, -0.25) is 0 Å². The zero-order valence-electron chi connectivity index (χ0n) is 16.4. The summed E-state index contributed by atoms with van der Waals surface area (Å²) in [5, 5.41) is 0.967. The Balaban J connectivity index is 1.59. The van der Waals surface area contributed by atoms with E-state index in [-0.39, 0.29) is 18.1 Å². The van der Waals surface area contributed by atoms with E-state index >= 15 is 0 Å². The fourth-order valence-electron chi connectivity index (χ4n) is 2.94. The largest absolute Gasteiger partial charge is 0.454 e. The van der Waals surface area contributed by atoms with E-state index in [2.05, 4.69) is 42.3 Å². The van der Waals surface area contributed by atoms with Crippen molar-refractivity contribution in [2.45, 2.75) is 24.9 Å². The summed E-state index contributed by atoms with van der Waals surface area (Å²) >= 11 is 3.43. The Labute approximate surface area is 196 Å². The predicted octanol–water partition coefficient (Wildman–Crippen LogP) is 2.59. The number of imidazole rings is 1. The van der Waals surface area contributed by atoms with E-state index in [9.17, 15) is 8.42 Å². The molecule has 0 spiro atoms. The number of aromatic nitrogens is 4. The molecule has 164 valence electrons. The molecule has 1 unspecified atom stereocenters. The van der Waals surface area contributed by atoms with Gasteiger partial charge in [0.25, 0.3) is 6.29 Å². The summed E-state index contributed by atoms with van der Waals surface area (Å²) in [4.78, 5) is 12.7. The summed E-state index contributed by atoms with van der Waals surface area (Å²) in [6.45, 7) is 2.19. The Morgan fingerprint density at radius 3 is 2.90 bits per heavy atom. The summed E-state index contributed by atoms with van der Waals surface area (Å²) in [7, 11) is -3.43. The van der Waals surface area contributed by atoms with Crippen molar-refractivity contribution in [1.82, 2.24) is 24.2 Å². The van der Waals surface area contributed by atoms with Gasteiger partial charge in [0.1, 0.15) is 12.6 Å². The van der Waals surface area contributed by atoms with Crippen molar-refractivity contribution in [2.75, 3.05) is 18.0 Å². The van der Waals surface area contributed by atoms with Crippen molar-refractivity contribution in [2.24, 2.45) is 0 Å². The normalized spacial score (nSPS) is 16.2. The molecule has 3 heterocycles. The van der Waals surface area contributed by atoms with E-state index in [0.717, 1.165) is 9.13 Å². The fraction of sp³-hybridized carbons (Fsp3) is 0.278. The molecule has 3 aromatic rings. The van der Waals surface area contributed by atoms with Crippen molar-refractivity contribution in [3.63, 3.8) is 0 Å². The maximum atomic E-state index is 12.2. The van der Waals surface area contributed by atoms with E-state index in [1.165, 1.54) is 24.4 Å². The SMILES string of the molecule is CCNS(=O)(=O)CCn1c(SC2=COC(c3ccccc3I)O2)nc2c(N)ncnc21. The molecule has 0 saturated heterocycles. The number of nitrogens with zero attached hydrogens (tertiary/aromatic N) is 4. The van der Waals surface area contributed by atoms with Gasteiger partial charge in [-0.2, -0.15) is 0 Å². The molecule has 3 N–H and O–H groups in total. The number of anilines is 1. The third kappa shape index (κ3) is 4.88. The number of hydrogen-bond donors (Lipinski definition) is 2. The molecular formula is C18H19IN6O4S2. The average Bonchev–Trinajstić information content (AvgIpc) is 3.32. The maximum Gasteiger partial charge on any atom is 0.268 e. The summed E-state index contributed by atoms with van der Waals surface area (Å²) in [5.74, 6) is 0.0831. The summed E-state index contributed by atoms with van der Waals surface area (Å²) < 4.78 is 41.1. The van der Waals surface area contributed by atoms with Crippen LogP contribution >= 0.6 is 34.4 Å². The van der Waals surface area contributed by atoms with Gasteiger partial charge in [0, 0.05) is 22.2 Å². The number of benzene rings is 1. The number of nitrogens with two attached hydrogens (primary N) is 1. The van der Waals surface area contributed by atoms with Gasteiger partial charge in [0.2, 0.25) is 15.1 Å². The van der Waals surface area contributed by atoms with Gasteiger partial charge in [0.15, 0.2) is 22.1 Å². The van der Waals surface area contributed by atoms with Gasteiger partial charge in [-0.05, 0) is 40.4 Å². The third-order valence-electron chi connectivity index (χ3n) is 4.34. The lowest BCUT2D eigenvalue weighted by Crippen LogP contribution is -2.28. The van der Waals surface area contributed by atoms with Crippen LogP contribution < -0.4 is 10.5 Å². The van der Waals surface area contributed by atoms with Gasteiger partial charge in [-0.25, -0.2) is 28.1 Å². The minimum atomic E-state index is -3.43. The maximum absolute atomic E-state index is 12.2. The molecule has 0 saturated carbocycles. The van der Waals surface area contributed by atoms with Crippen LogP contribution in [0.1, 0.15) is 18.8 Å². The third-order valence-corrected chi connectivity index (χ3v) is 7.65. The highest BCUT2D eigenvalue weighted by Gasteiger charge is 2.26. The first-order valence-corrected chi connectivity index (χ1v) is 12.8. The van der Waals surface area contributed by atoms with E-state index in [0.29, 0.717) is 28.0 Å². The standard InChI is InChI=1S/C18H19IN6O4S2/c1-2-23-31(26,27)8-7-25-16-14(15(20)21-10-22-16)24-18(25)30-13-9-28-17(29-13)11-5-3-4-6-12(11)19/h3-6,9-10,17,23H,2,7-8H2,1H3,(H2,20,21,22). The van der Waals surface area contributed by atoms with Crippen LogP contribution in [0.15, 0.2) is 47.1 Å².